The lowest BCUT2D eigenvalue weighted by Gasteiger charge is -2.29. The molecule has 1 spiro atoms. The molecule has 0 saturated carbocycles. The Labute approximate surface area is 292 Å². The largest absolute Gasteiger partial charge is 0.469 e. The Morgan fingerprint density at radius 3 is 2.55 bits per heavy atom. The highest BCUT2D eigenvalue weighted by Gasteiger charge is 2.61. The van der Waals surface area contributed by atoms with Crippen LogP contribution in [-0.2, 0) is 37.5 Å². The van der Waals surface area contributed by atoms with E-state index in [-0.39, 0.29) is 36.3 Å². The second-order valence-electron chi connectivity index (χ2n) is 13.0. The summed E-state index contributed by atoms with van der Waals surface area (Å²) < 4.78 is 23.4. The molecule has 14 nitrogen and oxygen atoms in total. The van der Waals surface area contributed by atoms with E-state index in [2.05, 4.69) is 26.3 Å². The van der Waals surface area contributed by atoms with Gasteiger partial charge in [-0.15, -0.1) is 0 Å². The van der Waals surface area contributed by atoms with Gasteiger partial charge in [-0.1, -0.05) is 74.5 Å². The van der Waals surface area contributed by atoms with E-state index in [0.717, 1.165) is 23.9 Å². The Morgan fingerprint density at radius 2 is 1.80 bits per heavy atom. The molecule has 4 aromatic rings. The zero-order valence-electron chi connectivity index (χ0n) is 28.1. The highest BCUT2D eigenvalue weighted by Crippen LogP contribution is 2.58. The summed E-state index contributed by atoms with van der Waals surface area (Å²) in [7, 11) is 1.15. The molecule has 0 fully saturated rings. The van der Waals surface area contributed by atoms with Crippen molar-refractivity contribution in [3.8, 4) is 5.75 Å². The van der Waals surface area contributed by atoms with Gasteiger partial charge in [-0.3, -0.25) is 9.59 Å². The van der Waals surface area contributed by atoms with Gasteiger partial charge in [0, 0.05) is 17.7 Å². The smallest absolute Gasteiger partial charge is 0.408 e. The van der Waals surface area contributed by atoms with Gasteiger partial charge in [0.05, 0.1) is 13.7 Å². The number of carbonyl (C=O) groups is 4. The number of carbonyl (C=O) groups excluding carboxylic acids is 4. The number of methoxy groups -OCH3 is 1. The lowest BCUT2D eigenvalue weighted by molar-refractivity contribution is -0.143. The molecule has 0 radical (unpaired) electrons. The van der Waals surface area contributed by atoms with Gasteiger partial charge in [-0.25, -0.2) is 14.6 Å². The van der Waals surface area contributed by atoms with E-state index in [1.165, 1.54) is 0 Å². The number of amides is 3. The maximum absolute atomic E-state index is 14.1. The molecule has 3 aliphatic heterocycles. The molecular formula is C37H37N5O9. The quantitative estimate of drug-likeness (QED) is 0.170. The summed E-state index contributed by atoms with van der Waals surface area (Å²) in [4.78, 5) is 58.3. The van der Waals surface area contributed by atoms with Crippen LogP contribution in [0.25, 0.3) is 0 Å². The normalized spacial score (nSPS) is 21.7. The Hall–Kier alpha value is -5.89. The first-order valence-corrected chi connectivity index (χ1v) is 16.6. The molecule has 3 amide bonds. The molecule has 5 N–H and O–H groups in total. The van der Waals surface area contributed by atoms with Crippen molar-refractivity contribution in [1.82, 2.24) is 20.9 Å². The van der Waals surface area contributed by atoms with Crippen molar-refractivity contribution in [3.05, 3.63) is 112 Å². The Morgan fingerprint density at radius 1 is 1.04 bits per heavy atom. The Bertz CT molecular complexity index is 2000. The van der Waals surface area contributed by atoms with Crippen molar-refractivity contribution in [2.45, 2.75) is 56.6 Å². The van der Waals surface area contributed by atoms with E-state index in [9.17, 15) is 24.3 Å². The number of anilines is 1. The molecule has 51 heavy (non-hydrogen) atoms. The van der Waals surface area contributed by atoms with Gasteiger partial charge in [-0.2, -0.15) is 0 Å². The predicted octanol–water partition coefficient (Wildman–Crippen LogP) is 3.08. The average Bonchev–Trinajstić information content (AvgIpc) is 3.80. The molecule has 4 bridgehead atoms. The van der Waals surface area contributed by atoms with Gasteiger partial charge in [0.2, 0.25) is 11.8 Å². The molecule has 1 unspecified atom stereocenters. The molecule has 0 saturated heterocycles. The van der Waals surface area contributed by atoms with Gasteiger partial charge < -0.3 is 45.0 Å². The zero-order valence-corrected chi connectivity index (χ0v) is 28.1. The van der Waals surface area contributed by atoms with Crippen LogP contribution >= 0.6 is 0 Å². The fourth-order valence-corrected chi connectivity index (χ4v) is 6.91. The number of ether oxygens (including phenoxy) is 3. The minimum Gasteiger partial charge on any atom is -0.469 e. The summed E-state index contributed by atoms with van der Waals surface area (Å²) >= 11 is 0. The number of aliphatic hydroxyl groups is 1. The standard InChI is InChI=1S/C37H37N5O9/c1-19(2)28-33-42-29(32(45)38-26(17-43)34(46)48-3)30(51-33)37-22-11-7-8-12-24(22)39-35(37)50-27-14-13-21(15-23(27)37)16-25(31(44)41-28)40-36(47)49-18-20-9-5-4-6-10-20/h4-15,19,25-26,28,35,39,43H,16-18H2,1-3H3,(H,38,45)(H,40,47)(H,41,44)/t25-,26-,28-,35-,37?/m0/s1. The Kier molecular flexibility index (Phi) is 8.85. The van der Waals surface area contributed by atoms with Gasteiger partial charge in [0.25, 0.3) is 5.91 Å². The molecule has 3 aromatic carbocycles. The van der Waals surface area contributed by atoms with Crippen molar-refractivity contribution < 1.29 is 42.9 Å². The topological polar surface area (TPSA) is 190 Å². The Balaban J connectivity index is 1.36. The molecule has 3 aliphatic rings. The van der Waals surface area contributed by atoms with Crippen molar-refractivity contribution in [1.29, 1.82) is 0 Å². The summed E-state index contributed by atoms with van der Waals surface area (Å²) in [5, 5.41) is 21.6. The summed E-state index contributed by atoms with van der Waals surface area (Å²) in [6, 6.07) is 18.8. The van der Waals surface area contributed by atoms with Crippen molar-refractivity contribution >= 4 is 29.6 Å². The van der Waals surface area contributed by atoms with Gasteiger partial charge in [-0.05, 0) is 34.7 Å². The fourth-order valence-electron chi connectivity index (χ4n) is 6.91. The van der Waals surface area contributed by atoms with Crippen molar-refractivity contribution in [3.63, 3.8) is 0 Å². The second-order valence-corrected chi connectivity index (χ2v) is 13.0. The lowest BCUT2D eigenvalue weighted by atomic mass is 9.72. The average molecular weight is 696 g/mol. The van der Waals surface area contributed by atoms with Crippen molar-refractivity contribution in [2.24, 2.45) is 5.92 Å². The first kappa shape index (κ1) is 33.6. The maximum Gasteiger partial charge on any atom is 0.408 e. The third kappa shape index (κ3) is 5.90. The monoisotopic (exact) mass is 695 g/mol. The van der Waals surface area contributed by atoms with Crippen LogP contribution in [0.4, 0.5) is 10.5 Å². The van der Waals surface area contributed by atoms with E-state index in [0.29, 0.717) is 16.9 Å². The van der Waals surface area contributed by atoms with Gasteiger partial charge in [0.1, 0.15) is 29.9 Å². The number of fused-ring (bicyclic) bond motifs is 4. The first-order valence-electron chi connectivity index (χ1n) is 16.6. The van der Waals surface area contributed by atoms with Crippen LogP contribution in [0.5, 0.6) is 5.75 Å². The van der Waals surface area contributed by atoms with E-state index in [1.807, 2.05) is 80.6 Å². The molecule has 14 heteroatoms. The van der Waals surface area contributed by atoms with E-state index in [4.69, 9.17) is 18.6 Å². The number of oxazole rings is 1. The van der Waals surface area contributed by atoms with Gasteiger partial charge in [0.15, 0.2) is 23.7 Å². The molecular weight excluding hydrogens is 658 g/mol. The lowest BCUT2D eigenvalue weighted by Crippen LogP contribution is -2.49. The molecule has 264 valence electrons. The number of rotatable bonds is 8. The number of aromatic nitrogens is 1. The summed E-state index contributed by atoms with van der Waals surface area (Å²) in [5.74, 6) is -1.85. The van der Waals surface area contributed by atoms with Crippen molar-refractivity contribution in [2.75, 3.05) is 19.0 Å². The molecule has 5 atom stereocenters. The van der Waals surface area contributed by atoms with Crippen LogP contribution in [0.3, 0.4) is 0 Å². The highest BCUT2D eigenvalue weighted by atomic mass is 16.5. The first-order chi connectivity index (χ1) is 24.6. The van der Waals surface area contributed by atoms with Crippen LogP contribution in [-0.4, -0.2) is 66.0 Å². The summed E-state index contributed by atoms with van der Waals surface area (Å²) in [6.45, 7) is 2.99. The number of aliphatic hydroxyl groups excluding tert-OH is 1. The second kappa shape index (κ2) is 13.4. The number of esters is 1. The number of hydrogen-bond acceptors (Lipinski definition) is 11. The van der Waals surface area contributed by atoms with Gasteiger partial charge >= 0.3 is 12.1 Å². The summed E-state index contributed by atoms with van der Waals surface area (Å²) in [5.41, 5.74) is 2.17. The van der Waals surface area contributed by atoms with Crippen LogP contribution in [0.15, 0.2) is 77.2 Å². The van der Waals surface area contributed by atoms with Crippen LogP contribution in [0.1, 0.15) is 64.3 Å². The van der Waals surface area contributed by atoms with E-state index < -0.39 is 60.3 Å². The molecule has 0 aliphatic carbocycles. The predicted molar refractivity (Wildman–Crippen MR) is 181 cm³/mol. The SMILES string of the molecule is COC(=O)[C@H](CO)NC(=O)c1nc2oc1C13c4ccccc4N[C@H]1Oc1ccc(cc13)C[C@H](NC(=O)OCc1ccccc1)C(=O)N[C@H]2C(C)C. The molecule has 1 aromatic heterocycles. The number of benzene rings is 3. The third-order valence-electron chi connectivity index (χ3n) is 9.43. The molecule has 4 heterocycles. The number of nitrogens with one attached hydrogen (secondary N) is 4. The fraction of sp³-hybridized carbons (Fsp3) is 0.324. The van der Waals surface area contributed by atoms with Crippen LogP contribution in [0, 0.1) is 5.92 Å². The number of nitrogens with zero attached hydrogens (tertiary/aromatic N) is 1. The number of para-hydroxylation sites is 1. The zero-order chi connectivity index (χ0) is 35.9. The number of alkyl carbamates (subject to hydrolysis) is 1. The van der Waals surface area contributed by atoms with E-state index >= 15 is 0 Å². The van der Waals surface area contributed by atoms with E-state index in [1.54, 1.807) is 6.07 Å². The number of hydrogen-bond donors (Lipinski definition) is 5. The third-order valence-corrected chi connectivity index (χ3v) is 9.43. The minimum absolute atomic E-state index is 0.0131. The maximum atomic E-state index is 14.1. The van der Waals surface area contributed by atoms with Crippen LogP contribution < -0.4 is 26.0 Å². The highest BCUT2D eigenvalue weighted by molar-refractivity contribution is 5.97. The minimum atomic E-state index is -1.38. The molecule has 7 rings (SSSR count). The summed E-state index contributed by atoms with van der Waals surface area (Å²) in [6.07, 6.45) is -1.46. The van der Waals surface area contributed by atoms with Crippen LogP contribution in [0.2, 0.25) is 0 Å².